The Morgan fingerprint density at radius 3 is 1.83 bits per heavy atom. The van der Waals surface area contributed by atoms with Gasteiger partial charge < -0.3 is 24.1 Å². The smallest absolute Gasteiger partial charge is 0.307 e. The van der Waals surface area contributed by atoms with E-state index in [0.29, 0.717) is 0 Å². The molecular weight excluding hydrogens is 164 g/mol. The van der Waals surface area contributed by atoms with Crippen LogP contribution in [0.4, 0.5) is 0 Å². The highest BCUT2D eigenvalue weighted by atomic mass is 16.9. The lowest BCUT2D eigenvalue weighted by Crippen LogP contribution is -2.41. The maximum atomic E-state index is 8.81. The van der Waals surface area contributed by atoms with Gasteiger partial charge in [0.15, 0.2) is 6.29 Å². The van der Waals surface area contributed by atoms with Crippen LogP contribution in [-0.2, 0) is 18.9 Å². The van der Waals surface area contributed by atoms with Crippen molar-refractivity contribution in [3.63, 3.8) is 0 Å². The number of aliphatic hydroxyl groups excluding tert-OH is 1. The van der Waals surface area contributed by atoms with Gasteiger partial charge in [-0.15, -0.1) is 0 Å². The minimum atomic E-state index is -1.23. The van der Waals surface area contributed by atoms with Crippen LogP contribution >= 0.6 is 0 Å². The van der Waals surface area contributed by atoms with E-state index < -0.39 is 12.3 Å². The zero-order valence-corrected chi connectivity index (χ0v) is 7.86. The monoisotopic (exact) mass is 180 g/mol. The van der Waals surface area contributed by atoms with Crippen molar-refractivity contribution in [2.45, 2.75) is 19.2 Å². The third-order valence-electron chi connectivity index (χ3n) is 1.43. The van der Waals surface area contributed by atoms with E-state index in [1.165, 1.54) is 28.3 Å². The predicted octanol–water partition coefficient (Wildman–Crippen LogP) is -0.0657. The molecule has 12 heavy (non-hydrogen) atoms. The third kappa shape index (κ3) is 3.46. The molecule has 0 aromatic rings. The summed E-state index contributed by atoms with van der Waals surface area (Å²) in [6.45, 7) is 1.50. The summed E-state index contributed by atoms with van der Waals surface area (Å²) in [6.07, 6.45) is -0.871. The Balaban J connectivity index is 3.93. The lowest BCUT2D eigenvalue weighted by Gasteiger charge is -2.28. The highest BCUT2D eigenvalue weighted by Crippen LogP contribution is 2.12. The molecule has 0 fully saturated rings. The first kappa shape index (κ1) is 11.8. The van der Waals surface area contributed by atoms with Crippen LogP contribution < -0.4 is 0 Å². The molecule has 5 nitrogen and oxygen atoms in total. The van der Waals surface area contributed by atoms with Crippen molar-refractivity contribution >= 4 is 0 Å². The van der Waals surface area contributed by atoms with Crippen molar-refractivity contribution in [3.05, 3.63) is 0 Å². The lowest BCUT2D eigenvalue weighted by atomic mass is 10.5. The highest BCUT2D eigenvalue weighted by molar-refractivity contribution is 4.52. The number of rotatable bonds is 6. The normalized spacial score (nSPS) is 14.8. The average Bonchev–Trinajstić information content (AvgIpc) is 2.08. The molecule has 0 aromatic heterocycles. The summed E-state index contributed by atoms with van der Waals surface area (Å²) in [6, 6.07) is 0. The molecule has 1 atom stereocenters. The molecule has 0 aromatic carbocycles. The highest BCUT2D eigenvalue weighted by Gasteiger charge is 2.30. The molecule has 0 amide bonds. The number of ether oxygens (including phenoxy) is 4. The fourth-order valence-electron chi connectivity index (χ4n) is 0.649. The minimum absolute atomic E-state index is 0.00810. The largest absolute Gasteiger partial charge is 0.368 e. The van der Waals surface area contributed by atoms with Crippen LogP contribution in [0.15, 0.2) is 0 Å². The van der Waals surface area contributed by atoms with E-state index >= 15 is 0 Å². The Labute approximate surface area is 72.2 Å². The van der Waals surface area contributed by atoms with E-state index in [4.69, 9.17) is 24.1 Å². The maximum absolute atomic E-state index is 8.81. The summed E-state index contributed by atoms with van der Waals surface area (Å²) in [5, 5.41) is 8.81. The molecule has 0 saturated heterocycles. The first-order valence-electron chi connectivity index (χ1n) is 3.55. The van der Waals surface area contributed by atoms with Crippen molar-refractivity contribution in [2.75, 3.05) is 27.9 Å². The molecule has 1 unspecified atom stereocenters. The summed E-state index contributed by atoms with van der Waals surface area (Å²) >= 11 is 0. The van der Waals surface area contributed by atoms with Gasteiger partial charge in [-0.05, 0) is 6.92 Å². The van der Waals surface area contributed by atoms with E-state index in [1.54, 1.807) is 0 Å². The molecule has 5 heteroatoms. The molecule has 0 bridgehead atoms. The second-order valence-corrected chi connectivity index (χ2v) is 2.21. The van der Waals surface area contributed by atoms with Crippen molar-refractivity contribution in [2.24, 2.45) is 0 Å². The lowest BCUT2D eigenvalue weighted by molar-refractivity contribution is -0.376. The Morgan fingerprint density at radius 1 is 1.17 bits per heavy atom. The summed E-state index contributed by atoms with van der Waals surface area (Å²) in [4.78, 5) is 0. The second kappa shape index (κ2) is 5.45. The summed E-state index contributed by atoms with van der Waals surface area (Å²) in [5.74, 6) is -1.23. The van der Waals surface area contributed by atoms with Gasteiger partial charge in [0.1, 0.15) is 6.61 Å². The Morgan fingerprint density at radius 2 is 1.58 bits per heavy atom. The molecule has 0 saturated carbocycles. The zero-order chi connectivity index (χ0) is 9.61. The van der Waals surface area contributed by atoms with Gasteiger partial charge in [-0.25, -0.2) is 0 Å². The minimum Gasteiger partial charge on any atom is -0.368 e. The molecule has 0 aliphatic heterocycles. The molecule has 0 aliphatic rings. The molecule has 0 spiro atoms. The molecule has 0 rings (SSSR count). The van der Waals surface area contributed by atoms with Crippen LogP contribution in [0.5, 0.6) is 0 Å². The third-order valence-corrected chi connectivity index (χ3v) is 1.43. The summed E-state index contributed by atoms with van der Waals surface area (Å²) in [5.41, 5.74) is 0. The Hall–Kier alpha value is -0.200. The van der Waals surface area contributed by atoms with Crippen LogP contribution in [0.1, 0.15) is 6.92 Å². The molecule has 0 aliphatic carbocycles. The van der Waals surface area contributed by atoms with Crippen LogP contribution in [0.3, 0.4) is 0 Å². The first-order chi connectivity index (χ1) is 5.60. The van der Waals surface area contributed by atoms with Gasteiger partial charge in [-0.2, -0.15) is 0 Å². The zero-order valence-electron chi connectivity index (χ0n) is 7.86. The summed E-state index contributed by atoms with van der Waals surface area (Å²) < 4.78 is 19.6. The van der Waals surface area contributed by atoms with Crippen molar-refractivity contribution < 1.29 is 24.1 Å². The van der Waals surface area contributed by atoms with E-state index in [-0.39, 0.29) is 6.61 Å². The van der Waals surface area contributed by atoms with Gasteiger partial charge in [0, 0.05) is 21.3 Å². The predicted molar refractivity (Wildman–Crippen MR) is 41.4 cm³/mol. The molecule has 0 radical (unpaired) electrons. The molecule has 74 valence electrons. The SMILES string of the molecule is COC(COC(C)O)(OC)OC. The Kier molecular flexibility index (Phi) is 5.36. The molecular formula is C7H16O5. The van der Waals surface area contributed by atoms with Gasteiger partial charge >= 0.3 is 5.97 Å². The standard InChI is InChI=1S/C7H16O5/c1-6(8)12-5-7(9-2,10-3)11-4/h6,8H,5H2,1-4H3. The fraction of sp³-hybridized carbons (Fsp3) is 1.00. The van der Waals surface area contributed by atoms with E-state index in [2.05, 4.69) is 0 Å². The van der Waals surface area contributed by atoms with Gasteiger partial charge in [-0.1, -0.05) is 0 Å². The first-order valence-corrected chi connectivity index (χ1v) is 3.55. The summed E-state index contributed by atoms with van der Waals surface area (Å²) in [7, 11) is 4.29. The van der Waals surface area contributed by atoms with Crippen molar-refractivity contribution in [1.29, 1.82) is 0 Å². The maximum Gasteiger partial charge on any atom is 0.307 e. The Bertz CT molecular complexity index is 102. The number of hydrogen-bond acceptors (Lipinski definition) is 5. The van der Waals surface area contributed by atoms with E-state index in [9.17, 15) is 0 Å². The fourth-order valence-corrected chi connectivity index (χ4v) is 0.649. The second-order valence-electron chi connectivity index (χ2n) is 2.21. The van der Waals surface area contributed by atoms with E-state index in [1.807, 2.05) is 0 Å². The van der Waals surface area contributed by atoms with Crippen molar-refractivity contribution in [1.82, 2.24) is 0 Å². The van der Waals surface area contributed by atoms with Crippen LogP contribution in [0.2, 0.25) is 0 Å². The van der Waals surface area contributed by atoms with Gasteiger partial charge in [0.05, 0.1) is 0 Å². The number of hydrogen-bond donors (Lipinski definition) is 1. The van der Waals surface area contributed by atoms with Crippen LogP contribution in [0.25, 0.3) is 0 Å². The quantitative estimate of drug-likeness (QED) is 0.580. The average molecular weight is 180 g/mol. The van der Waals surface area contributed by atoms with E-state index in [0.717, 1.165) is 0 Å². The van der Waals surface area contributed by atoms with Gasteiger partial charge in [-0.3, -0.25) is 0 Å². The van der Waals surface area contributed by atoms with Crippen LogP contribution in [0, 0.1) is 0 Å². The molecule has 1 N–H and O–H groups in total. The molecule has 0 heterocycles. The number of aliphatic hydroxyl groups is 1. The van der Waals surface area contributed by atoms with Gasteiger partial charge in [0.2, 0.25) is 0 Å². The van der Waals surface area contributed by atoms with Gasteiger partial charge in [0.25, 0.3) is 0 Å². The number of methoxy groups -OCH3 is 3. The van der Waals surface area contributed by atoms with Crippen LogP contribution in [-0.4, -0.2) is 45.3 Å². The van der Waals surface area contributed by atoms with Crippen molar-refractivity contribution in [3.8, 4) is 0 Å². The topological polar surface area (TPSA) is 57.2 Å².